The van der Waals surface area contributed by atoms with Gasteiger partial charge in [-0.25, -0.2) is 0 Å². The van der Waals surface area contributed by atoms with Crippen LogP contribution in [0.1, 0.15) is 43.2 Å². The lowest BCUT2D eigenvalue weighted by molar-refractivity contribution is -0.117. The van der Waals surface area contributed by atoms with Crippen molar-refractivity contribution in [3.63, 3.8) is 0 Å². The maximum atomic E-state index is 13.3. The summed E-state index contributed by atoms with van der Waals surface area (Å²) in [5.74, 6) is 0.0599. The second kappa shape index (κ2) is 9.48. The van der Waals surface area contributed by atoms with Crippen molar-refractivity contribution >= 4 is 17.6 Å². The summed E-state index contributed by atoms with van der Waals surface area (Å²) >= 11 is 0. The highest BCUT2D eigenvalue weighted by molar-refractivity contribution is 6.02. The van der Waals surface area contributed by atoms with Gasteiger partial charge in [0, 0.05) is 12.2 Å². The van der Waals surface area contributed by atoms with Crippen LogP contribution in [0.2, 0.25) is 0 Å². The van der Waals surface area contributed by atoms with Crippen LogP contribution < -0.4 is 15.6 Å². The minimum absolute atomic E-state index is 0.0477. The van der Waals surface area contributed by atoms with E-state index in [9.17, 15) is 14.9 Å². The van der Waals surface area contributed by atoms with Crippen LogP contribution in [0.5, 0.6) is 11.6 Å². The molecule has 0 bridgehead atoms. The molecule has 0 radical (unpaired) electrons. The van der Waals surface area contributed by atoms with Gasteiger partial charge in [-0.2, -0.15) is 10.2 Å². The Bertz CT molecular complexity index is 1270. The number of rotatable bonds is 5. The lowest BCUT2D eigenvalue weighted by Gasteiger charge is -2.22. The number of amides is 1. The molecule has 1 fully saturated rings. The second-order valence-electron chi connectivity index (χ2n) is 7.91. The number of nitrogens with one attached hydrogen (secondary N) is 1. The predicted octanol–water partition coefficient (Wildman–Crippen LogP) is 4.15. The van der Waals surface area contributed by atoms with E-state index in [1.165, 1.54) is 10.5 Å². The van der Waals surface area contributed by atoms with Crippen LogP contribution in [0.4, 0.5) is 0 Å². The van der Waals surface area contributed by atoms with Gasteiger partial charge in [0.25, 0.3) is 11.5 Å². The van der Waals surface area contributed by atoms with E-state index < -0.39 is 11.5 Å². The fourth-order valence-electron chi connectivity index (χ4n) is 3.90. The van der Waals surface area contributed by atoms with Crippen LogP contribution in [-0.4, -0.2) is 21.3 Å². The third-order valence-corrected chi connectivity index (χ3v) is 5.60. The van der Waals surface area contributed by atoms with Gasteiger partial charge < -0.3 is 10.1 Å². The van der Waals surface area contributed by atoms with Crippen molar-refractivity contribution in [2.45, 2.75) is 45.1 Å². The molecule has 7 heteroatoms. The standard InChI is InChI=1S/C25H24N4O3/c1-17-9-8-14-29-22(17)28-24(32-20-12-6-3-7-13-20)21(25(29)31)15-18(16-26)23(30)27-19-10-4-2-5-11-19/h3,6-9,12-15,19H,2,4-5,10-11H2,1H3,(H,27,30)/b18-15+. The number of aromatic nitrogens is 2. The third-order valence-electron chi connectivity index (χ3n) is 5.60. The number of carbonyl (C=O) groups excluding carboxylic acids is 1. The molecule has 1 aromatic carbocycles. The zero-order valence-electron chi connectivity index (χ0n) is 17.9. The van der Waals surface area contributed by atoms with Gasteiger partial charge in [0.1, 0.15) is 28.6 Å². The highest BCUT2D eigenvalue weighted by Crippen LogP contribution is 2.25. The van der Waals surface area contributed by atoms with Crippen molar-refractivity contribution < 1.29 is 9.53 Å². The molecule has 2 aromatic heterocycles. The largest absolute Gasteiger partial charge is 0.438 e. The zero-order valence-corrected chi connectivity index (χ0v) is 17.9. The fourth-order valence-corrected chi connectivity index (χ4v) is 3.90. The Labute approximate surface area is 186 Å². The normalized spacial score (nSPS) is 14.7. The first kappa shape index (κ1) is 21.3. The Balaban J connectivity index is 1.79. The molecule has 2 heterocycles. The molecule has 1 amide bonds. The van der Waals surface area contributed by atoms with Crippen LogP contribution in [0, 0.1) is 18.3 Å². The van der Waals surface area contributed by atoms with Crippen molar-refractivity contribution in [2.75, 3.05) is 0 Å². The Morgan fingerprint density at radius 2 is 1.94 bits per heavy atom. The summed E-state index contributed by atoms with van der Waals surface area (Å²) in [7, 11) is 0. The van der Waals surface area contributed by atoms with Crippen LogP contribution >= 0.6 is 0 Å². The molecule has 1 aliphatic carbocycles. The molecule has 1 aliphatic rings. The van der Waals surface area contributed by atoms with Gasteiger partial charge in [-0.15, -0.1) is 0 Å². The Morgan fingerprint density at radius 1 is 1.19 bits per heavy atom. The SMILES string of the molecule is Cc1cccn2c(=O)c(/C=C(\C#N)C(=O)NC3CCCCC3)c(Oc3ccccc3)nc12. The van der Waals surface area contributed by atoms with Crippen LogP contribution in [-0.2, 0) is 4.79 Å². The number of pyridine rings is 1. The van der Waals surface area contributed by atoms with Crippen LogP contribution in [0.15, 0.2) is 59.0 Å². The van der Waals surface area contributed by atoms with Gasteiger partial charge in [0.05, 0.1) is 0 Å². The quantitative estimate of drug-likeness (QED) is 0.486. The molecule has 1 saturated carbocycles. The second-order valence-corrected chi connectivity index (χ2v) is 7.91. The molecule has 0 atom stereocenters. The van der Waals surface area contributed by atoms with Crippen molar-refractivity contribution in [3.05, 3.63) is 75.7 Å². The smallest absolute Gasteiger partial charge is 0.269 e. The van der Waals surface area contributed by atoms with Gasteiger partial charge in [-0.3, -0.25) is 14.0 Å². The number of benzene rings is 1. The molecule has 0 spiro atoms. The Kier molecular flexibility index (Phi) is 6.31. The number of hydrogen-bond acceptors (Lipinski definition) is 5. The molecule has 4 rings (SSSR count). The summed E-state index contributed by atoms with van der Waals surface area (Å²) in [5.41, 5.74) is 0.731. The zero-order chi connectivity index (χ0) is 22.5. The van der Waals surface area contributed by atoms with E-state index in [0.717, 1.165) is 37.7 Å². The number of aryl methyl sites for hydroxylation is 1. The van der Waals surface area contributed by atoms with E-state index in [1.54, 1.807) is 24.4 Å². The number of fused-ring (bicyclic) bond motifs is 1. The molecule has 1 N–H and O–H groups in total. The number of carbonyl (C=O) groups is 1. The highest BCUT2D eigenvalue weighted by Gasteiger charge is 2.21. The van der Waals surface area contributed by atoms with E-state index in [4.69, 9.17) is 4.74 Å². The number of nitrogens with zero attached hydrogens (tertiary/aromatic N) is 3. The summed E-state index contributed by atoms with van der Waals surface area (Å²) in [4.78, 5) is 30.6. The van der Waals surface area contributed by atoms with E-state index in [-0.39, 0.29) is 23.1 Å². The molecule has 32 heavy (non-hydrogen) atoms. The first-order valence-electron chi connectivity index (χ1n) is 10.7. The number of para-hydroxylation sites is 1. The molecular formula is C25H24N4O3. The van der Waals surface area contributed by atoms with Crippen molar-refractivity contribution in [2.24, 2.45) is 0 Å². The summed E-state index contributed by atoms with van der Waals surface area (Å²) in [6, 6.07) is 14.5. The number of nitriles is 1. The first-order valence-corrected chi connectivity index (χ1v) is 10.7. The van der Waals surface area contributed by atoms with E-state index in [2.05, 4.69) is 10.3 Å². The van der Waals surface area contributed by atoms with Gasteiger partial charge in [-0.05, 0) is 49.6 Å². The summed E-state index contributed by atoms with van der Waals surface area (Å²) < 4.78 is 7.31. The van der Waals surface area contributed by atoms with Crippen LogP contribution in [0.25, 0.3) is 11.7 Å². The highest BCUT2D eigenvalue weighted by atomic mass is 16.5. The molecule has 0 saturated heterocycles. The molecular weight excluding hydrogens is 404 g/mol. The van der Waals surface area contributed by atoms with Crippen molar-refractivity contribution in [1.82, 2.24) is 14.7 Å². The molecule has 7 nitrogen and oxygen atoms in total. The van der Waals surface area contributed by atoms with Crippen molar-refractivity contribution in [3.8, 4) is 17.7 Å². The topological polar surface area (TPSA) is 96.5 Å². The van der Waals surface area contributed by atoms with Gasteiger partial charge in [0.2, 0.25) is 5.88 Å². The van der Waals surface area contributed by atoms with Gasteiger partial charge >= 0.3 is 0 Å². The van der Waals surface area contributed by atoms with E-state index >= 15 is 0 Å². The van der Waals surface area contributed by atoms with Gasteiger partial charge in [-0.1, -0.05) is 43.5 Å². The average molecular weight is 428 g/mol. The summed E-state index contributed by atoms with van der Waals surface area (Å²) in [6.07, 6.45) is 7.95. The van der Waals surface area contributed by atoms with E-state index in [0.29, 0.717) is 11.4 Å². The number of hydrogen-bond donors (Lipinski definition) is 1. The average Bonchev–Trinajstić information content (AvgIpc) is 2.81. The predicted molar refractivity (Wildman–Crippen MR) is 121 cm³/mol. The van der Waals surface area contributed by atoms with Crippen molar-refractivity contribution in [1.29, 1.82) is 5.26 Å². The lowest BCUT2D eigenvalue weighted by Crippen LogP contribution is -2.36. The lowest BCUT2D eigenvalue weighted by atomic mass is 9.95. The first-order chi connectivity index (χ1) is 15.6. The fraction of sp³-hybridized carbons (Fsp3) is 0.280. The molecule has 162 valence electrons. The maximum absolute atomic E-state index is 13.3. The third kappa shape index (κ3) is 4.54. The molecule has 0 aliphatic heterocycles. The minimum Gasteiger partial charge on any atom is -0.438 e. The van der Waals surface area contributed by atoms with Crippen LogP contribution in [0.3, 0.4) is 0 Å². The van der Waals surface area contributed by atoms with Gasteiger partial charge in [0.15, 0.2) is 0 Å². The van der Waals surface area contributed by atoms with E-state index in [1.807, 2.05) is 37.3 Å². The molecule has 3 aromatic rings. The summed E-state index contributed by atoms with van der Waals surface area (Å²) in [6.45, 7) is 1.85. The number of ether oxygens (including phenoxy) is 1. The monoisotopic (exact) mass is 428 g/mol. The summed E-state index contributed by atoms with van der Waals surface area (Å²) in [5, 5.41) is 12.6. The molecule has 0 unspecified atom stereocenters. The Hall–Kier alpha value is -3.92. The minimum atomic E-state index is -0.487. The maximum Gasteiger partial charge on any atom is 0.269 e. The Morgan fingerprint density at radius 3 is 2.66 bits per heavy atom.